The lowest BCUT2D eigenvalue weighted by atomic mass is 10.0. The SMILES string of the molecule is CC/C=C\C/C=C\C/C=C\C/C=C\C/C=C\C/C=C\CCCCCCC(=O)OCC(COP(=O)(O)OCC(O)COP(=O)(O)OCC(O)COC(=O)CCCCCCCCCCCCCCCCCCC/C=C\C/C=C\C/C=C\C/C=C\CCCCC)OC(=O)CCCCCCCCCCCCC. The van der Waals surface area contributed by atoms with Crippen molar-refractivity contribution in [2.75, 3.05) is 39.6 Å². The van der Waals surface area contributed by atoms with Crippen LogP contribution in [0.15, 0.2) is 122 Å². The third-order valence-electron chi connectivity index (χ3n) is 17.2. The van der Waals surface area contributed by atoms with Crippen LogP contribution in [0.4, 0.5) is 0 Å². The lowest BCUT2D eigenvalue weighted by Gasteiger charge is -2.21. The summed E-state index contributed by atoms with van der Waals surface area (Å²) in [6.07, 6.45) is 92.7. The van der Waals surface area contributed by atoms with Gasteiger partial charge in [0.25, 0.3) is 0 Å². The Balaban J connectivity index is 4.39. The largest absolute Gasteiger partial charge is 0.472 e. The predicted molar refractivity (Wildman–Crippen MR) is 427 cm³/mol. The van der Waals surface area contributed by atoms with Gasteiger partial charge in [-0.3, -0.25) is 32.5 Å². The molecule has 0 saturated carbocycles. The summed E-state index contributed by atoms with van der Waals surface area (Å²) < 4.78 is 61.1. The number of phosphoric ester groups is 2. The summed E-state index contributed by atoms with van der Waals surface area (Å²) in [6, 6.07) is 0. The highest BCUT2D eigenvalue weighted by molar-refractivity contribution is 7.47. The molecule has 0 bridgehead atoms. The fraction of sp³-hybridized carbons (Fsp3) is 0.729. The van der Waals surface area contributed by atoms with E-state index in [2.05, 4.69) is 142 Å². The number of carbonyl (C=O) groups excluding carboxylic acids is 3. The summed E-state index contributed by atoms with van der Waals surface area (Å²) in [5, 5.41) is 20.6. The van der Waals surface area contributed by atoms with Crippen LogP contribution in [-0.4, -0.2) is 95.9 Å². The highest BCUT2D eigenvalue weighted by Crippen LogP contribution is 2.45. The number of aliphatic hydroxyl groups is 2. The van der Waals surface area contributed by atoms with Crippen LogP contribution < -0.4 is 0 Å². The number of hydrogen-bond acceptors (Lipinski definition) is 14. The Labute approximate surface area is 627 Å². The molecule has 0 aliphatic rings. The molecule has 0 saturated heterocycles. The fourth-order valence-electron chi connectivity index (χ4n) is 11.0. The Hall–Kier alpha value is -4.05. The van der Waals surface area contributed by atoms with Crippen molar-refractivity contribution in [1.29, 1.82) is 0 Å². The Bertz CT molecular complexity index is 2360. The van der Waals surface area contributed by atoms with Crippen LogP contribution in [0.5, 0.6) is 0 Å². The van der Waals surface area contributed by atoms with E-state index in [4.69, 9.17) is 32.3 Å². The van der Waals surface area contributed by atoms with E-state index in [-0.39, 0.29) is 19.3 Å². The van der Waals surface area contributed by atoms with E-state index >= 15 is 0 Å². The lowest BCUT2D eigenvalue weighted by Crippen LogP contribution is -2.30. The maximum absolute atomic E-state index is 12.9. The molecule has 0 aliphatic heterocycles. The average molecular weight is 1490 g/mol. The summed E-state index contributed by atoms with van der Waals surface area (Å²) in [7, 11) is -9.79. The molecule has 594 valence electrons. The van der Waals surface area contributed by atoms with Crippen molar-refractivity contribution in [3.8, 4) is 0 Å². The zero-order chi connectivity index (χ0) is 75.2. The van der Waals surface area contributed by atoms with Gasteiger partial charge in [-0.05, 0) is 116 Å². The highest BCUT2D eigenvalue weighted by Gasteiger charge is 2.29. The van der Waals surface area contributed by atoms with E-state index in [1.165, 1.54) is 154 Å². The van der Waals surface area contributed by atoms with Gasteiger partial charge < -0.3 is 34.2 Å². The molecule has 5 atom stereocenters. The Kier molecular flexibility index (Phi) is 74.5. The van der Waals surface area contributed by atoms with E-state index in [1.807, 2.05) is 0 Å². The van der Waals surface area contributed by atoms with Gasteiger partial charge in [-0.1, -0.05) is 328 Å². The maximum atomic E-state index is 12.9. The monoisotopic (exact) mass is 1490 g/mol. The van der Waals surface area contributed by atoms with Gasteiger partial charge in [0.15, 0.2) is 6.10 Å². The first kappa shape index (κ1) is 98.9. The van der Waals surface area contributed by atoms with Crippen molar-refractivity contribution >= 4 is 33.6 Å². The van der Waals surface area contributed by atoms with Gasteiger partial charge in [0.05, 0.1) is 26.4 Å². The number of phosphoric acid groups is 2. The Morgan fingerprint density at radius 3 is 0.835 bits per heavy atom. The third kappa shape index (κ3) is 78.8. The molecule has 4 N–H and O–H groups in total. The molecule has 0 aromatic carbocycles. The average Bonchev–Trinajstić information content (AvgIpc) is 0.913. The number of unbranched alkanes of at least 4 members (excludes halogenated alkanes) is 34. The second-order valence-corrected chi connectivity index (χ2v) is 30.1. The van der Waals surface area contributed by atoms with Crippen LogP contribution >= 0.6 is 15.6 Å². The van der Waals surface area contributed by atoms with Crippen LogP contribution in [0.2, 0.25) is 0 Å². The molecular formula is C85H148O16P2. The van der Waals surface area contributed by atoms with E-state index in [1.54, 1.807) is 0 Å². The summed E-state index contributed by atoms with van der Waals surface area (Å²) in [5.74, 6) is -1.60. The minimum atomic E-state index is -4.93. The van der Waals surface area contributed by atoms with Gasteiger partial charge in [-0.25, -0.2) is 9.13 Å². The number of aliphatic hydroxyl groups excluding tert-OH is 2. The van der Waals surface area contributed by atoms with E-state index in [0.717, 1.165) is 128 Å². The van der Waals surface area contributed by atoms with Gasteiger partial charge in [0.1, 0.15) is 25.4 Å². The molecule has 16 nitrogen and oxygen atoms in total. The molecular weight excluding hydrogens is 1340 g/mol. The Morgan fingerprint density at radius 1 is 0.282 bits per heavy atom. The van der Waals surface area contributed by atoms with Gasteiger partial charge in [-0.15, -0.1) is 0 Å². The molecule has 103 heavy (non-hydrogen) atoms. The molecule has 0 spiro atoms. The number of allylic oxidation sites excluding steroid dienone is 20. The molecule has 0 aromatic rings. The minimum Gasteiger partial charge on any atom is -0.463 e. The molecule has 0 radical (unpaired) electrons. The van der Waals surface area contributed by atoms with Crippen molar-refractivity contribution in [3.63, 3.8) is 0 Å². The molecule has 0 aromatic heterocycles. The van der Waals surface area contributed by atoms with Crippen molar-refractivity contribution in [1.82, 2.24) is 0 Å². The lowest BCUT2D eigenvalue weighted by molar-refractivity contribution is -0.161. The van der Waals surface area contributed by atoms with Gasteiger partial charge in [-0.2, -0.15) is 0 Å². The highest BCUT2D eigenvalue weighted by atomic mass is 31.2. The summed E-state index contributed by atoms with van der Waals surface area (Å²) in [4.78, 5) is 58.6. The summed E-state index contributed by atoms with van der Waals surface area (Å²) >= 11 is 0. The van der Waals surface area contributed by atoms with E-state index < -0.39 is 91.5 Å². The molecule has 5 unspecified atom stereocenters. The number of hydrogen-bond donors (Lipinski definition) is 4. The van der Waals surface area contributed by atoms with E-state index in [0.29, 0.717) is 19.3 Å². The van der Waals surface area contributed by atoms with Crippen molar-refractivity contribution in [3.05, 3.63) is 122 Å². The molecule has 18 heteroatoms. The van der Waals surface area contributed by atoms with Crippen LogP contribution in [0.3, 0.4) is 0 Å². The number of esters is 3. The van der Waals surface area contributed by atoms with Gasteiger partial charge >= 0.3 is 33.6 Å². The van der Waals surface area contributed by atoms with Crippen LogP contribution in [0, 0.1) is 0 Å². The maximum Gasteiger partial charge on any atom is 0.472 e. The molecule has 0 aliphatic carbocycles. The van der Waals surface area contributed by atoms with Crippen LogP contribution in [0.25, 0.3) is 0 Å². The first-order valence-corrected chi connectivity index (χ1v) is 43.8. The summed E-state index contributed by atoms with van der Waals surface area (Å²) in [5.41, 5.74) is 0. The number of ether oxygens (including phenoxy) is 3. The van der Waals surface area contributed by atoms with Gasteiger partial charge in [0, 0.05) is 19.3 Å². The van der Waals surface area contributed by atoms with Gasteiger partial charge in [0.2, 0.25) is 0 Å². The Morgan fingerprint density at radius 2 is 0.515 bits per heavy atom. The minimum absolute atomic E-state index is 0.0993. The number of rotatable bonds is 77. The van der Waals surface area contributed by atoms with Crippen LogP contribution in [0.1, 0.15) is 342 Å². The quantitative estimate of drug-likeness (QED) is 0.0146. The van der Waals surface area contributed by atoms with Crippen molar-refractivity contribution in [2.24, 2.45) is 0 Å². The topological polar surface area (TPSA) is 231 Å². The molecule has 0 amide bonds. The van der Waals surface area contributed by atoms with E-state index in [9.17, 15) is 43.5 Å². The van der Waals surface area contributed by atoms with Crippen molar-refractivity contribution in [2.45, 2.75) is 360 Å². The van der Waals surface area contributed by atoms with Crippen LogP contribution in [-0.2, 0) is 55.8 Å². The summed E-state index contributed by atoms with van der Waals surface area (Å²) in [6.45, 7) is 2.52. The second kappa shape index (κ2) is 77.6. The molecule has 0 heterocycles. The first-order chi connectivity index (χ1) is 50.2. The molecule has 0 rings (SSSR count). The normalized spacial score (nSPS) is 14.6. The first-order valence-electron chi connectivity index (χ1n) is 40.8. The molecule has 0 fully saturated rings. The zero-order valence-electron chi connectivity index (χ0n) is 65.0. The smallest absolute Gasteiger partial charge is 0.463 e. The number of carbonyl (C=O) groups is 3. The third-order valence-corrected chi connectivity index (χ3v) is 19.1. The van der Waals surface area contributed by atoms with Crippen molar-refractivity contribution < 1.29 is 75.8 Å². The zero-order valence-corrected chi connectivity index (χ0v) is 66.7. The second-order valence-electron chi connectivity index (χ2n) is 27.2. The standard InChI is InChI=1S/C85H148O16P2/c1-4-7-10-13-16-19-22-24-26-28-30-32-34-35-36-37-38-39-40-41-42-43-45-47-48-50-52-54-57-59-62-65-68-71-83(88)95-74-80(86)75-97-102(91,92)98-76-81(87)77-99-103(93,94)100-79-82(101-85(90)73-70-67-64-61-56-21-18-15-12-9-6-3)78-96-84(89)72-69-66-63-60-58-55-53-51-49-46-44-33-31-29-27-25-23-20-17-14-11-8-5-2/h8,11,16-17,19-20,24-27,30-33,35-36,46,49,53,55,80-82,86-87H,4-7,9-10,12-15,18,21-23,28-29,34,37-45,47-48,50-52,54,56-79H2,1-3H3,(H,91,92)(H,93,94)/b11-8-,19-16-,20-17-,26-24-,27-25-,32-30-,33-31-,36-35-,49-46-,55-53-. The predicted octanol–water partition coefficient (Wildman–Crippen LogP) is 24.1. The fourth-order valence-corrected chi connectivity index (χ4v) is 12.6.